The number of rotatable bonds is 14. The molecule has 0 aromatic heterocycles. The summed E-state index contributed by atoms with van der Waals surface area (Å²) in [6, 6.07) is 1.20. The molecule has 1 heterocycles. The summed E-state index contributed by atoms with van der Waals surface area (Å²) in [6.45, 7) is 16.5. The second kappa shape index (κ2) is 10.9. The van der Waals surface area contributed by atoms with Crippen LogP contribution in [0.4, 0.5) is 0 Å². The fraction of sp³-hybridized carbons (Fsp3) is 1.00. The van der Waals surface area contributed by atoms with Gasteiger partial charge in [0.2, 0.25) is 0 Å². The van der Waals surface area contributed by atoms with E-state index in [1.807, 2.05) is 0 Å². The van der Waals surface area contributed by atoms with Crippen molar-refractivity contribution in [3.63, 3.8) is 0 Å². The number of epoxide rings is 1. The van der Waals surface area contributed by atoms with Crippen molar-refractivity contribution >= 4 is 17.8 Å². The highest BCUT2D eigenvalue weighted by molar-refractivity contribution is 6.73. The number of hydrogen-bond donors (Lipinski definition) is 0. The van der Waals surface area contributed by atoms with Crippen LogP contribution in [0.5, 0.6) is 0 Å². The summed E-state index contributed by atoms with van der Waals surface area (Å²) >= 11 is 0. The van der Waals surface area contributed by atoms with Crippen molar-refractivity contribution in [3.8, 4) is 0 Å². The molecule has 0 aromatic rings. The van der Waals surface area contributed by atoms with Gasteiger partial charge in [0.05, 0.1) is 12.7 Å². The molecular formula is C16H35NO3Si2. The lowest BCUT2D eigenvalue weighted by molar-refractivity contribution is -0.0904. The van der Waals surface area contributed by atoms with Crippen molar-refractivity contribution in [1.29, 1.82) is 0 Å². The molecule has 0 bridgehead atoms. The first-order valence-corrected chi connectivity index (χ1v) is 13.5. The predicted octanol–water partition coefficient (Wildman–Crippen LogP) is 3.17. The second-order valence-corrected chi connectivity index (χ2v) is 13.3. The summed E-state index contributed by atoms with van der Waals surface area (Å²) in [5.41, 5.74) is 0. The van der Waals surface area contributed by atoms with Gasteiger partial charge in [-0.25, -0.2) is 0 Å². The van der Waals surface area contributed by atoms with E-state index in [1.165, 1.54) is 19.0 Å². The van der Waals surface area contributed by atoms with Crippen LogP contribution in [0.25, 0.3) is 0 Å². The molecule has 1 fully saturated rings. The quantitative estimate of drug-likeness (QED) is 0.210. The van der Waals surface area contributed by atoms with Gasteiger partial charge in [0, 0.05) is 19.8 Å². The highest BCUT2D eigenvalue weighted by Crippen LogP contribution is 2.17. The zero-order valence-corrected chi connectivity index (χ0v) is 17.2. The van der Waals surface area contributed by atoms with Gasteiger partial charge >= 0.3 is 0 Å². The van der Waals surface area contributed by atoms with Crippen LogP contribution in [0.1, 0.15) is 33.1 Å². The molecule has 1 unspecified atom stereocenters. The van der Waals surface area contributed by atoms with Gasteiger partial charge in [0.15, 0.2) is 0 Å². The third kappa shape index (κ3) is 9.42. The molecule has 1 saturated heterocycles. The normalized spacial score (nSPS) is 18.4. The summed E-state index contributed by atoms with van der Waals surface area (Å²) < 4.78 is 19.7. The van der Waals surface area contributed by atoms with E-state index in [0.717, 1.165) is 48.7 Å². The molecule has 1 aliphatic rings. The average molecular weight is 346 g/mol. The van der Waals surface area contributed by atoms with Crippen LogP contribution < -0.4 is 0 Å². The largest absolute Gasteiger partial charge is 0.372 e. The van der Waals surface area contributed by atoms with Crippen LogP contribution in [0.3, 0.4) is 0 Å². The molecule has 1 rings (SSSR count). The highest BCUT2D eigenvalue weighted by atomic mass is 28.3. The fourth-order valence-electron chi connectivity index (χ4n) is 2.23. The minimum absolute atomic E-state index is 0.0204. The summed E-state index contributed by atoms with van der Waals surface area (Å²) in [6.07, 6.45) is 3.85. The molecule has 0 amide bonds. The maximum atomic E-state index is 5.81. The fourth-order valence-corrected chi connectivity index (χ4v) is 4.88. The average Bonchev–Trinajstić information content (AvgIpc) is 3.27. The van der Waals surface area contributed by atoms with E-state index in [9.17, 15) is 0 Å². The Bertz CT molecular complexity index is 275. The Hall–Kier alpha value is 0.274. The summed E-state index contributed by atoms with van der Waals surface area (Å²) in [7, 11) is -0.484. The Morgan fingerprint density at radius 1 is 1.18 bits per heavy atom. The lowest BCUT2D eigenvalue weighted by atomic mass is 10.4. The first kappa shape index (κ1) is 20.3. The van der Waals surface area contributed by atoms with Gasteiger partial charge in [-0.15, -0.1) is 0 Å². The van der Waals surface area contributed by atoms with Crippen molar-refractivity contribution < 1.29 is 14.2 Å². The van der Waals surface area contributed by atoms with E-state index in [-0.39, 0.29) is 5.91 Å². The van der Waals surface area contributed by atoms with Gasteiger partial charge in [-0.1, -0.05) is 39.5 Å². The zero-order valence-electron chi connectivity index (χ0n) is 15.2. The molecule has 2 radical (unpaired) electrons. The second-order valence-electron chi connectivity index (χ2n) is 6.95. The monoisotopic (exact) mass is 345 g/mol. The van der Waals surface area contributed by atoms with Gasteiger partial charge in [-0.2, -0.15) is 0 Å². The summed E-state index contributed by atoms with van der Waals surface area (Å²) in [5.74, 6) is 0.0204. The molecule has 0 N–H and O–H groups in total. The first-order chi connectivity index (χ1) is 10.5. The third-order valence-corrected chi connectivity index (χ3v) is 7.25. The van der Waals surface area contributed by atoms with E-state index >= 15 is 0 Å². The van der Waals surface area contributed by atoms with E-state index < -0.39 is 8.24 Å². The maximum absolute atomic E-state index is 5.81. The molecular weight excluding hydrogens is 310 g/mol. The van der Waals surface area contributed by atoms with Crippen LogP contribution >= 0.6 is 0 Å². The van der Waals surface area contributed by atoms with Gasteiger partial charge in [-0.05, 0) is 25.8 Å². The van der Waals surface area contributed by atoms with Crippen molar-refractivity contribution in [2.45, 2.75) is 70.8 Å². The van der Waals surface area contributed by atoms with E-state index in [0.29, 0.717) is 6.10 Å². The number of hydrogen-bond acceptors (Lipinski definition) is 4. The van der Waals surface area contributed by atoms with Gasteiger partial charge in [0.1, 0.15) is 23.7 Å². The Morgan fingerprint density at radius 3 is 2.23 bits per heavy atom. The zero-order chi connectivity index (χ0) is 16.4. The molecule has 1 atom stereocenters. The van der Waals surface area contributed by atoms with E-state index in [1.54, 1.807) is 0 Å². The van der Waals surface area contributed by atoms with Crippen molar-refractivity contribution in [2.75, 3.05) is 32.9 Å². The predicted molar refractivity (Wildman–Crippen MR) is 96.1 cm³/mol. The van der Waals surface area contributed by atoms with Crippen molar-refractivity contribution in [2.24, 2.45) is 0 Å². The van der Waals surface area contributed by atoms with Crippen molar-refractivity contribution in [1.82, 2.24) is 4.57 Å². The smallest absolute Gasteiger partial charge is 0.137 e. The standard InChI is InChI=1S/C16H35NO3Si2/c1-6-10-18-16(19-11-7-2)21-12-8-9-17(22(3,4)5)13-15-14-20-15/h15-16H,6-14H2,1-5H3. The SMILES string of the molecule is CCCOC(OCCC)[Si]CCCN(CC1CO1)[Si](C)(C)C. The molecule has 0 spiro atoms. The lowest BCUT2D eigenvalue weighted by Crippen LogP contribution is -2.48. The topological polar surface area (TPSA) is 34.2 Å². The molecule has 0 aliphatic carbocycles. The highest BCUT2D eigenvalue weighted by Gasteiger charge is 2.31. The van der Waals surface area contributed by atoms with E-state index in [2.05, 4.69) is 38.1 Å². The minimum Gasteiger partial charge on any atom is -0.372 e. The summed E-state index contributed by atoms with van der Waals surface area (Å²) in [5, 5.41) is 0. The Morgan fingerprint density at radius 2 is 1.77 bits per heavy atom. The molecule has 22 heavy (non-hydrogen) atoms. The van der Waals surface area contributed by atoms with Crippen LogP contribution in [-0.2, 0) is 14.2 Å². The van der Waals surface area contributed by atoms with Crippen LogP contribution in [0.15, 0.2) is 0 Å². The Labute approximate surface area is 140 Å². The molecule has 6 heteroatoms. The first-order valence-electron chi connectivity index (χ1n) is 8.80. The molecule has 0 aromatic carbocycles. The molecule has 1 aliphatic heterocycles. The maximum Gasteiger partial charge on any atom is 0.137 e. The Kier molecular flexibility index (Phi) is 10.1. The number of ether oxygens (including phenoxy) is 3. The van der Waals surface area contributed by atoms with Crippen LogP contribution in [-0.4, -0.2) is 67.2 Å². The van der Waals surface area contributed by atoms with Gasteiger partial charge in [0.25, 0.3) is 0 Å². The van der Waals surface area contributed by atoms with Crippen LogP contribution in [0.2, 0.25) is 25.7 Å². The van der Waals surface area contributed by atoms with Crippen LogP contribution in [0, 0.1) is 0 Å². The lowest BCUT2D eigenvalue weighted by Gasteiger charge is -2.33. The van der Waals surface area contributed by atoms with Gasteiger partial charge in [-0.3, -0.25) is 0 Å². The minimum atomic E-state index is -1.23. The summed E-state index contributed by atoms with van der Waals surface area (Å²) in [4.78, 5) is 0. The van der Waals surface area contributed by atoms with Gasteiger partial charge < -0.3 is 18.8 Å². The number of nitrogens with zero attached hydrogens (tertiary/aromatic N) is 1. The molecule has 4 nitrogen and oxygen atoms in total. The van der Waals surface area contributed by atoms with E-state index in [4.69, 9.17) is 14.2 Å². The Balaban J connectivity index is 2.23. The molecule has 130 valence electrons. The third-order valence-electron chi connectivity index (χ3n) is 3.64. The molecule has 0 saturated carbocycles. The van der Waals surface area contributed by atoms with Crippen molar-refractivity contribution in [3.05, 3.63) is 0 Å².